The van der Waals surface area contributed by atoms with Gasteiger partial charge in [0.2, 0.25) is 0 Å². The molecule has 10 heteroatoms. The topological polar surface area (TPSA) is 84.6 Å². The van der Waals surface area contributed by atoms with E-state index < -0.39 is 0 Å². The second-order valence-corrected chi connectivity index (χ2v) is 8.58. The minimum Gasteiger partial charge on any atom is -0.379 e. The van der Waals surface area contributed by atoms with Gasteiger partial charge in [-0.3, -0.25) is 14.9 Å². The first-order chi connectivity index (χ1) is 16.1. The van der Waals surface area contributed by atoms with E-state index >= 15 is 0 Å². The molecule has 2 aliphatic heterocycles. The number of hydrazone groups is 1. The Hall–Kier alpha value is -2.98. The van der Waals surface area contributed by atoms with Gasteiger partial charge in [0.05, 0.1) is 25.1 Å². The first-order valence-electron chi connectivity index (χ1n) is 11.5. The quantitative estimate of drug-likeness (QED) is 0.543. The van der Waals surface area contributed by atoms with E-state index in [1.165, 1.54) is 12.3 Å². The van der Waals surface area contributed by atoms with Crippen LogP contribution in [0.1, 0.15) is 18.4 Å². The van der Waals surface area contributed by atoms with E-state index in [4.69, 9.17) is 14.7 Å². The molecule has 9 nitrogen and oxygen atoms in total. The Morgan fingerprint density at radius 3 is 2.76 bits per heavy atom. The van der Waals surface area contributed by atoms with E-state index in [1.807, 2.05) is 20.1 Å². The third kappa shape index (κ3) is 4.72. The van der Waals surface area contributed by atoms with Crippen LogP contribution in [0.5, 0.6) is 0 Å². The van der Waals surface area contributed by atoms with Gasteiger partial charge >= 0.3 is 0 Å². The first-order valence-corrected chi connectivity index (χ1v) is 11.5. The van der Waals surface area contributed by atoms with Gasteiger partial charge < -0.3 is 9.30 Å². The molecule has 2 aliphatic rings. The molecule has 1 unspecified atom stereocenters. The summed E-state index contributed by atoms with van der Waals surface area (Å²) < 4.78 is 21.5. The molecule has 0 aromatic carbocycles. The molecule has 3 aromatic rings. The summed E-state index contributed by atoms with van der Waals surface area (Å²) in [7, 11) is 0. The van der Waals surface area contributed by atoms with E-state index in [2.05, 4.69) is 29.5 Å². The van der Waals surface area contributed by atoms with Crippen molar-refractivity contribution >= 4 is 17.4 Å². The number of rotatable bonds is 7. The molecule has 0 amide bonds. The second kappa shape index (κ2) is 9.48. The van der Waals surface area contributed by atoms with Crippen molar-refractivity contribution < 1.29 is 9.13 Å². The summed E-state index contributed by atoms with van der Waals surface area (Å²) in [6, 6.07) is 1.46. The zero-order chi connectivity index (χ0) is 22.8. The van der Waals surface area contributed by atoms with Crippen molar-refractivity contribution in [1.29, 1.82) is 0 Å². The number of halogens is 1. The summed E-state index contributed by atoms with van der Waals surface area (Å²) >= 11 is 0. The fraction of sp³-hybridized carbons (Fsp3) is 0.522. The molecule has 0 N–H and O–H groups in total. The number of pyridine rings is 1. The number of ether oxygens (including phenoxy) is 1. The summed E-state index contributed by atoms with van der Waals surface area (Å²) in [5, 5.41) is 6.77. The number of aromatic nitrogens is 5. The lowest BCUT2D eigenvalue weighted by Crippen LogP contribution is -2.40. The summed E-state index contributed by atoms with van der Waals surface area (Å²) in [5.41, 5.74) is 2.97. The molecule has 0 saturated carbocycles. The van der Waals surface area contributed by atoms with E-state index in [0.29, 0.717) is 17.9 Å². The van der Waals surface area contributed by atoms with Crippen molar-refractivity contribution in [2.75, 3.05) is 45.9 Å². The van der Waals surface area contributed by atoms with Crippen molar-refractivity contribution in [2.24, 2.45) is 11.0 Å². The average Bonchev–Trinajstić information content (AvgIpc) is 3.43. The molecule has 0 spiro atoms. The predicted molar refractivity (Wildman–Crippen MR) is 123 cm³/mol. The van der Waals surface area contributed by atoms with Gasteiger partial charge in [0, 0.05) is 69.6 Å². The van der Waals surface area contributed by atoms with Crippen molar-refractivity contribution in [2.45, 2.75) is 26.8 Å². The van der Waals surface area contributed by atoms with Crippen LogP contribution in [0, 0.1) is 18.7 Å². The van der Waals surface area contributed by atoms with Gasteiger partial charge in [-0.05, 0) is 13.0 Å². The van der Waals surface area contributed by atoms with Gasteiger partial charge in [-0.1, -0.05) is 6.92 Å². The third-order valence-corrected chi connectivity index (χ3v) is 6.18. The molecule has 33 heavy (non-hydrogen) atoms. The Morgan fingerprint density at radius 2 is 1.97 bits per heavy atom. The zero-order valence-electron chi connectivity index (χ0n) is 19.1. The Morgan fingerprint density at radius 1 is 1.12 bits per heavy atom. The molecule has 174 valence electrons. The van der Waals surface area contributed by atoms with Crippen molar-refractivity contribution in [1.82, 2.24) is 34.4 Å². The Kier molecular flexibility index (Phi) is 6.28. The van der Waals surface area contributed by atoms with Gasteiger partial charge in [-0.25, -0.2) is 19.3 Å². The number of hydrogen-bond acceptors (Lipinski definition) is 8. The van der Waals surface area contributed by atoms with Crippen LogP contribution in [0.2, 0.25) is 0 Å². The highest BCUT2D eigenvalue weighted by Gasteiger charge is 2.24. The largest absolute Gasteiger partial charge is 0.379 e. The fourth-order valence-corrected chi connectivity index (χ4v) is 4.40. The molecule has 1 fully saturated rings. The highest BCUT2D eigenvalue weighted by molar-refractivity contribution is 5.79. The van der Waals surface area contributed by atoms with Gasteiger partial charge in [-0.2, -0.15) is 5.10 Å². The van der Waals surface area contributed by atoms with Gasteiger partial charge in [0.15, 0.2) is 5.65 Å². The molecule has 0 radical (unpaired) electrons. The molecule has 1 saturated heterocycles. The highest BCUT2D eigenvalue weighted by atomic mass is 19.1. The average molecular weight is 453 g/mol. The minimum absolute atomic E-state index is 0.202. The molecule has 1 atom stereocenters. The SMILES string of the molecule is CCc1nc(C)c2nc(-c3cncc(F)c3)n(CC3C=NN(CCN4CCOCC4)C3)c2n1. The van der Waals surface area contributed by atoms with E-state index in [9.17, 15) is 4.39 Å². The maximum absolute atomic E-state index is 14.0. The Bertz CT molecular complexity index is 1160. The predicted octanol–water partition coefficient (Wildman–Crippen LogP) is 2.15. The monoisotopic (exact) mass is 452 g/mol. The van der Waals surface area contributed by atoms with Gasteiger partial charge in [-0.15, -0.1) is 0 Å². The van der Waals surface area contributed by atoms with Crippen LogP contribution in [0.15, 0.2) is 23.6 Å². The maximum atomic E-state index is 14.0. The number of hydrogen-bond donors (Lipinski definition) is 0. The number of fused-ring (bicyclic) bond motifs is 1. The maximum Gasteiger partial charge on any atom is 0.164 e. The molecule has 5 rings (SSSR count). The molecule has 3 aromatic heterocycles. The molecular formula is C23H29FN8O. The summed E-state index contributed by atoms with van der Waals surface area (Å²) in [6.45, 7) is 10.9. The van der Waals surface area contributed by atoms with Crippen molar-refractivity contribution in [3.63, 3.8) is 0 Å². The van der Waals surface area contributed by atoms with Crippen LogP contribution >= 0.6 is 0 Å². The lowest BCUT2D eigenvalue weighted by atomic mass is 10.1. The van der Waals surface area contributed by atoms with E-state index in [1.54, 1.807) is 6.20 Å². The second-order valence-electron chi connectivity index (χ2n) is 8.58. The highest BCUT2D eigenvalue weighted by Crippen LogP contribution is 2.27. The third-order valence-electron chi connectivity index (χ3n) is 6.18. The Balaban J connectivity index is 1.39. The lowest BCUT2D eigenvalue weighted by Gasteiger charge is -2.28. The molecule has 5 heterocycles. The fourth-order valence-electron chi connectivity index (χ4n) is 4.40. The number of imidazole rings is 1. The minimum atomic E-state index is -0.389. The van der Waals surface area contributed by atoms with Crippen LogP contribution < -0.4 is 0 Å². The number of nitrogens with zero attached hydrogens (tertiary/aromatic N) is 8. The van der Waals surface area contributed by atoms with E-state index in [0.717, 1.165) is 75.0 Å². The lowest BCUT2D eigenvalue weighted by molar-refractivity contribution is 0.0336. The smallest absolute Gasteiger partial charge is 0.164 e. The zero-order valence-corrected chi connectivity index (χ0v) is 19.1. The Labute approximate surface area is 192 Å². The summed E-state index contributed by atoms with van der Waals surface area (Å²) in [4.78, 5) is 20.6. The standard InChI is InChI=1S/C23H29FN8O/c1-3-20-27-16(2)21-23(28-20)32(22(29-21)18-10-19(24)13-25-12-18)15-17-11-26-31(14-17)5-4-30-6-8-33-9-7-30/h10-13,17H,3-9,14-15H2,1-2H3. The summed E-state index contributed by atoms with van der Waals surface area (Å²) in [6.07, 6.45) is 5.58. The molecule has 0 bridgehead atoms. The first kappa shape index (κ1) is 21.8. The van der Waals surface area contributed by atoms with Gasteiger partial charge in [0.25, 0.3) is 0 Å². The normalized spacial score (nSPS) is 19.1. The van der Waals surface area contributed by atoms with Crippen LogP contribution in [0.25, 0.3) is 22.6 Å². The van der Waals surface area contributed by atoms with Crippen LogP contribution in [0.4, 0.5) is 4.39 Å². The molecular weight excluding hydrogens is 423 g/mol. The molecule has 0 aliphatic carbocycles. The van der Waals surface area contributed by atoms with Crippen LogP contribution in [0.3, 0.4) is 0 Å². The van der Waals surface area contributed by atoms with Crippen molar-refractivity contribution in [3.8, 4) is 11.4 Å². The van der Waals surface area contributed by atoms with Gasteiger partial charge in [0.1, 0.15) is 23.0 Å². The van der Waals surface area contributed by atoms with Crippen molar-refractivity contribution in [3.05, 3.63) is 35.8 Å². The number of aryl methyl sites for hydroxylation is 2. The summed E-state index contributed by atoms with van der Waals surface area (Å²) in [5.74, 6) is 1.24. The van der Waals surface area contributed by atoms with Crippen LogP contribution in [-0.4, -0.2) is 86.6 Å². The number of morpholine rings is 1. The van der Waals surface area contributed by atoms with E-state index in [-0.39, 0.29) is 11.7 Å². The van der Waals surface area contributed by atoms with Crippen LogP contribution in [-0.2, 0) is 17.7 Å².